The van der Waals surface area contributed by atoms with Gasteiger partial charge < -0.3 is 14.8 Å². The molecule has 0 saturated carbocycles. The molecule has 0 fully saturated rings. The fraction of sp³-hybridized carbons (Fsp3) is 0.350. The molecule has 1 N–H and O–H groups in total. The van der Waals surface area contributed by atoms with Crippen LogP contribution in [0.2, 0.25) is 5.02 Å². The standard InChI is InChI=1S/C20H21BrClFN2O5/c1-20(2,3)30-17(26)10-15(18-12(21)6-7-13(23)19(18)22)24-14-9-11(29-4)5-8-16(14)25(27)28/h5-9,15,24H,10H2,1-4H3/t15-/m1/s1. The lowest BCUT2D eigenvalue weighted by molar-refractivity contribution is -0.384. The molecule has 0 radical (unpaired) electrons. The van der Waals surface area contributed by atoms with Crippen LogP contribution in [0.5, 0.6) is 5.75 Å². The Balaban J connectivity index is 2.54. The monoisotopic (exact) mass is 502 g/mol. The molecule has 30 heavy (non-hydrogen) atoms. The minimum atomic E-state index is -0.928. The van der Waals surface area contributed by atoms with Gasteiger partial charge in [-0.05, 0) is 39.0 Å². The van der Waals surface area contributed by atoms with Gasteiger partial charge in [-0.25, -0.2) is 4.39 Å². The summed E-state index contributed by atoms with van der Waals surface area (Å²) in [5.41, 5.74) is -0.666. The van der Waals surface area contributed by atoms with E-state index in [1.165, 1.54) is 37.4 Å². The Morgan fingerprint density at radius 2 is 2.00 bits per heavy atom. The van der Waals surface area contributed by atoms with Crippen molar-refractivity contribution in [2.75, 3.05) is 12.4 Å². The second kappa shape index (κ2) is 9.61. The van der Waals surface area contributed by atoms with Gasteiger partial charge in [0.15, 0.2) is 0 Å². The summed E-state index contributed by atoms with van der Waals surface area (Å²) < 4.78 is 25.1. The van der Waals surface area contributed by atoms with E-state index in [1.807, 2.05) is 0 Å². The van der Waals surface area contributed by atoms with Crippen molar-refractivity contribution in [1.82, 2.24) is 0 Å². The van der Waals surface area contributed by atoms with Gasteiger partial charge in [0.05, 0.1) is 29.5 Å². The van der Waals surface area contributed by atoms with Crippen molar-refractivity contribution < 1.29 is 23.6 Å². The van der Waals surface area contributed by atoms with E-state index in [0.717, 1.165) is 0 Å². The molecule has 0 amide bonds. The maximum Gasteiger partial charge on any atom is 0.308 e. The van der Waals surface area contributed by atoms with Gasteiger partial charge in [0.2, 0.25) is 0 Å². The summed E-state index contributed by atoms with van der Waals surface area (Å²) in [6.45, 7) is 5.14. The van der Waals surface area contributed by atoms with Crippen molar-refractivity contribution in [1.29, 1.82) is 0 Å². The molecule has 0 aliphatic carbocycles. The number of esters is 1. The third-order valence-electron chi connectivity index (χ3n) is 3.95. The van der Waals surface area contributed by atoms with Crippen LogP contribution < -0.4 is 10.1 Å². The smallest absolute Gasteiger partial charge is 0.308 e. The van der Waals surface area contributed by atoms with Crippen molar-refractivity contribution in [2.24, 2.45) is 0 Å². The molecule has 10 heteroatoms. The summed E-state index contributed by atoms with van der Waals surface area (Å²) in [5, 5.41) is 14.2. The molecular formula is C20H21BrClFN2O5. The normalized spacial score (nSPS) is 12.2. The Bertz CT molecular complexity index is 965. The average Bonchev–Trinajstić information content (AvgIpc) is 2.63. The number of rotatable bonds is 7. The molecule has 2 aromatic rings. The fourth-order valence-corrected chi connectivity index (χ4v) is 3.76. The van der Waals surface area contributed by atoms with Crippen molar-refractivity contribution in [3.8, 4) is 5.75 Å². The van der Waals surface area contributed by atoms with Gasteiger partial charge >= 0.3 is 5.97 Å². The lowest BCUT2D eigenvalue weighted by Gasteiger charge is -2.25. The van der Waals surface area contributed by atoms with E-state index in [-0.39, 0.29) is 28.4 Å². The van der Waals surface area contributed by atoms with Crippen LogP contribution in [0, 0.1) is 15.9 Å². The molecule has 0 spiro atoms. The third-order valence-corrected chi connectivity index (χ3v) is 5.02. The quantitative estimate of drug-likeness (QED) is 0.214. The molecule has 0 aromatic heterocycles. The third kappa shape index (κ3) is 6.06. The van der Waals surface area contributed by atoms with Crippen LogP contribution in [-0.2, 0) is 9.53 Å². The summed E-state index contributed by atoms with van der Waals surface area (Å²) in [5.74, 6) is -0.910. The number of nitro benzene ring substituents is 1. The van der Waals surface area contributed by atoms with E-state index in [1.54, 1.807) is 20.8 Å². The first-order chi connectivity index (χ1) is 13.9. The number of benzene rings is 2. The number of carbonyl (C=O) groups is 1. The Morgan fingerprint density at radius 1 is 1.33 bits per heavy atom. The van der Waals surface area contributed by atoms with Crippen LogP contribution in [0.4, 0.5) is 15.8 Å². The predicted molar refractivity (Wildman–Crippen MR) is 116 cm³/mol. The summed E-state index contributed by atoms with van der Waals surface area (Å²) in [4.78, 5) is 23.4. The molecule has 0 unspecified atom stereocenters. The first kappa shape index (κ1) is 23.9. The van der Waals surface area contributed by atoms with Crippen molar-refractivity contribution in [3.63, 3.8) is 0 Å². The number of nitrogens with one attached hydrogen (secondary N) is 1. The van der Waals surface area contributed by atoms with Crippen molar-refractivity contribution in [3.05, 3.63) is 61.3 Å². The number of nitrogens with zero attached hydrogens (tertiary/aromatic N) is 1. The Labute approximate surface area is 186 Å². The van der Waals surface area contributed by atoms with Crippen LogP contribution in [0.3, 0.4) is 0 Å². The van der Waals surface area contributed by atoms with E-state index in [0.29, 0.717) is 10.2 Å². The van der Waals surface area contributed by atoms with Crippen LogP contribution in [-0.4, -0.2) is 23.6 Å². The number of nitro groups is 1. The van der Waals surface area contributed by atoms with E-state index < -0.39 is 28.4 Å². The number of anilines is 1. The van der Waals surface area contributed by atoms with Crippen LogP contribution in [0.1, 0.15) is 38.8 Å². The maximum atomic E-state index is 14.2. The van der Waals surface area contributed by atoms with Crippen molar-refractivity contribution >= 4 is 44.9 Å². The number of hydrogen-bond donors (Lipinski definition) is 1. The first-order valence-corrected chi connectivity index (χ1v) is 10.0. The van der Waals surface area contributed by atoms with Gasteiger partial charge in [-0.15, -0.1) is 0 Å². The Hall–Kier alpha value is -2.39. The van der Waals surface area contributed by atoms with E-state index in [2.05, 4.69) is 21.2 Å². The zero-order chi connectivity index (χ0) is 22.6. The van der Waals surface area contributed by atoms with Gasteiger partial charge in [-0.2, -0.15) is 0 Å². The van der Waals surface area contributed by atoms with E-state index in [4.69, 9.17) is 21.1 Å². The highest BCUT2D eigenvalue weighted by Crippen LogP contribution is 2.39. The highest BCUT2D eigenvalue weighted by atomic mass is 79.9. The minimum absolute atomic E-state index is 0.0835. The van der Waals surface area contributed by atoms with Gasteiger partial charge in [0.1, 0.15) is 22.9 Å². The lowest BCUT2D eigenvalue weighted by Crippen LogP contribution is -2.27. The molecule has 2 rings (SSSR count). The van der Waals surface area contributed by atoms with Crippen LogP contribution in [0.25, 0.3) is 0 Å². The zero-order valence-corrected chi connectivity index (χ0v) is 19.1. The largest absolute Gasteiger partial charge is 0.497 e. The molecule has 0 heterocycles. The molecule has 0 bridgehead atoms. The van der Waals surface area contributed by atoms with Gasteiger partial charge in [0, 0.05) is 22.2 Å². The highest BCUT2D eigenvalue weighted by molar-refractivity contribution is 9.10. The number of hydrogen-bond acceptors (Lipinski definition) is 6. The van der Waals surface area contributed by atoms with Crippen LogP contribution in [0.15, 0.2) is 34.8 Å². The average molecular weight is 504 g/mol. The van der Waals surface area contributed by atoms with Crippen LogP contribution >= 0.6 is 27.5 Å². The van der Waals surface area contributed by atoms with Gasteiger partial charge in [-0.1, -0.05) is 27.5 Å². The summed E-state index contributed by atoms with van der Waals surface area (Å²) in [6.07, 6.45) is -0.257. The Kier molecular flexibility index (Phi) is 7.65. The van der Waals surface area contributed by atoms with Crippen molar-refractivity contribution in [2.45, 2.75) is 38.8 Å². The van der Waals surface area contributed by atoms with Gasteiger partial charge in [-0.3, -0.25) is 14.9 Å². The molecule has 162 valence electrons. The number of methoxy groups -OCH3 is 1. The van der Waals surface area contributed by atoms with E-state index >= 15 is 0 Å². The topological polar surface area (TPSA) is 90.7 Å². The van der Waals surface area contributed by atoms with E-state index in [9.17, 15) is 19.3 Å². The summed E-state index contributed by atoms with van der Waals surface area (Å²) in [7, 11) is 1.42. The SMILES string of the molecule is COc1ccc([N+](=O)[O-])c(N[C@H](CC(=O)OC(C)(C)C)c2c(Br)ccc(F)c2Cl)c1. The summed E-state index contributed by atoms with van der Waals surface area (Å²) >= 11 is 9.50. The second-order valence-electron chi connectivity index (χ2n) is 7.38. The minimum Gasteiger partial charge on any atom is -0.497 e. The molecule has 2 aromatic carbocycles. The molecule has 0 aliphatic heterocycles. The summed E-state index contributed by atoms with van der Waals surface area (Å²) in [6, 6.07) is 5.82. The van der Waals surface area contributed by atoms with Gasteiger partial charge in [0.25, 0.3) is 5.69 Å². The number of ether oxygens (including phenoxy) is 2. The fourth-order valence-electron chi connectivity index (χ4n) is 2.74. The zero-order valence-electron chi connectivity index (χ0n) is 16.8. The first-order valence-electron chi connectivity index (χ1n) is 8.87. The molecule has 7 nitrogen and oxygen atoms in total. The predicted octanol–water partition coefficient (Wildman–Crippen LogP) is 6.04. The second-order valence-corrected chi connectivity index (χ2v) is 8.62. The number of carbonyl (C=O) groups excluding carboxylic acids is 1. The molecule has 0 saturated heterocycles. The maximum absolute atomic E-state index is 14.2. The number of halogens is 3. The molecular weight excluding hydrogens is 483 g/mol. The Morgan fingerprint density at radius 3 is 2.57 bits per heavy atom. The molecule has 1 atom stereocenters. The highest BCUT2D eigenvalue weighted by Gasteiger charge is 2.28. The molecule has 0 aliphatic rings. The lowest BCUT2D eigenvalue weighted by atomic mass is 10.0.